The second kappa shape index (κ2) is 6.23. The number of anilines is 2. The van der Waals surface area contributed by atoms with Crippen molar-refractivity contribution in [2.24, 2.45) is 0 Å². The summed E-state index contributed by atoms with van der Waals surface area (Å²) in [6.45, 7) is 6.06. The van der Waals surface area contributed by atoms with E-state index >= 15 is 0 Å². The van der Waals surface area contributed by atoms with E-state index in [9.17, 15) is 4.79 Å². The van der Waals surface area contributed by atoms with Crippen LogP contribution in [0.5, 0.6) is 0 Å². The van der Waals surface area contributed by atoms with Crippen molar-refractivity contribution in [1.82, 2.24) is 9.69 Å². The van der Waals surface area contributed by atoms with E-state index < -0.39 is 0 Å². The first kappa shape index (κ1) is 14.1. The zero-order valence-electron chi connectivity index (χ0n) is 11.6. The molecule has 0 aromatic carbocycles. The maximum absolute atomic E-state index is 12.2. The van der Waals surface area contributed by atoms with Crippen LogP contribution < -0.4 is 16.0 Å². The van der Waals surface area contributed by atoms with Crippen molar-refractivity contribution >= 4 is 28.3 Å². The number of aromatic nitrogens is 1. The first-order chi connectivity index (χ1) is 9.17. The monoisotopic (exact) mass is 282 g/mol. The summed E-state index contributed by atoms with van der Waals surface area (Å²) in [5.41, 5.74) is 6.44. The number of rotatable bonds is 7. The van der Waals surface area contributed by atoms with Crippen molar-refractivity contribution in [1.29, 1.82) is 0 Å². The van der Waals surface area contributed by atoms with Crippen LogP contribution in [0.3, 0.4) is 0 Å². The fraction of sp³-hybridized carbons (Fsp3) is 0.692. The van der Waals surface area contributed by atoms with E-state index in [-0.39, 0.29) is 5.91 Å². The minimum Gasteiger partial charge on any atom is -0.382 e. The van der Waals surface area contributed by atoms with Gasteiger partial charge in [0.1, 0.15) is 10.6 Å². The SMILES string of the molecule is CCCCN(CC)c1snc(N)c1C(=O)NC1CC1. The Morgan fingerprint density at radius 3 is 2.84 bits per heavy atom. The van der Waals surface area contributed by atoms with E-state index in [1.807, 2.05) is 0 Å². The van der Waals surface area contributed by atoms with Crippen LogP contribution in [0.2, 0.25) is 0 Å². The molecule has 106 valence electrons. The predicted octanol–water partition coefficient (Wildman–Crippen LogP) is 2.24. The number of amides is 1. The van der Waals surface area contributed by atoms with Gasteiger partial charge >= 0.3 is 0 Å². The molecule has 1 saturated carbocycles. The molecule has 0 aliphatic heterocycles. The largest absolute Gasteiger partial charge is 0.382 e. The van der Waals surface area contributed by atoms with Gasteiger partial charge in [-0.3, -0.25) is 4.79 Å². The number of nitrogens with one attached hydrogen (secondary N) is 1. The van der Waals surface area contributed by atoms with Gasteiger partial charge in [-0.1, -0.05) is 13.3 Å². The summed E-state index contributed by atoms with van der Waals surface area (Å²) in [5, 5.41) is 3.90. The Morgan fingerprint density at radius 1 is 1.53 bits per heavy atom. The molecule has 19 heavy (non-hydrogen) atoms. The lowest BCUT2D eigenvalue weighted by atomic mass is 10.2. The molecule has 1 fully saturated rings. The molecule has 0 unspecified atom stereocenters. The number of carbonyl (C=O) groups excluding carboxylic acids is 1. The first-order valence-electron chi connectivity index (χ1n) is 6.98. The van der Waals surface area contributed by atoms with Crippen molar-refractivity contribution in [3.63, 3.8) is 0 Å². The summed E-state index contributed by atoms with van der Waals surface area (Å²) >= 11 is 1.33. The summed E-state index contributed by atoms with van der Waals surface area (Å²) in [5.74, 6) is 0.284. The summed E-state index contributed by atoms with van der Waals surface area (Å²) in [6, 6.07) is 0.338. The van der Waals surface area contributed by atoms with Crippen LogP contribution in [0.25, 0.3) is 0 Å². The van der Waals surface area contributed by atoms with Crippen LogP contribution in [0.4, 0.5) is 10.8 Å². The summed E-state index contributed by atoms with van der Waals surface area (Å²) in [6.07, 6.45) is 4.39. The van der Waals surface area contributed by atoms with Crippen LogP contribution in [0.15, 0.2) is 0 Å². The first-order valence-corrected chi connectivity index (χ1v) is 7.75. The molecule has 2 rings (SSSR count). The van der Waals surface area contributed by atoms with Crippen LogP contribution in [-0.4, -0.2) is 29.4 Å². The third-order valence-electron chi connectivity index (χ3n) is 3.29. The van der Waals surface area contributed by atoms with E-state index in [2.05, 4.69) is 28.4 Å². The lowest BCUT2D eigenvalue weighted by Gasteiger charge is -2.21. The maximum atomic E-state index is 12.2. The third kappa shape index (κ3) is 3.37. The highest BCUT2D eigenvalue weighted by molar-refractivity contribution is 7.11. The molecule has 0 spiro atoms. The smallest absolute Gasteiger partial charge is 0.258 e. The summed E-state index contributed by atoms with van der Waals surface area (Å²) in [4.78, 5) is 14.4. The Labute approximate surface area is 118 Å². The molecule has 1 heterocycles. The number of carbonyl (C=O) groups is 1. The van der Waals surface area contributed by atoms with Gasteiger partial charge in [0.2, 0.25) is 0 Å². The Bertz CT molecular complexity index is 442. The molecule has 1 aromatic rings. The van der Waals surface area contributed by atoms with Crippen LogP contribution >= 0.6 is 11.5 Å². The number of hydrogen-bond donors (Lipinski definition) is 2. The molecule has 1 aliphatic carbocycles. The van der Waals surface area contributed by atoms with E-state index in [0.717, 1.165) is 43.8 Å². The molecule has 3 N–H and O–H groups in total. The van der Waals surface area contributed by atoms with E-state index in [1.165, 1.54) is 11.5 Å². The number of nitrogen functional groups attached to an aromatic ring is 1. The summed E-state index contributed by atoms with van der Waals surface area (Å²) < 4.78 is 4.16. The Hall–Kier alpha value is -1.30. The van der Waals surface area contributed by atoms with Gasteiger partial charge < -0.3 is 16.0 Å². The second-order valence-corrected chi connectivity index (χ2v) is 5.68. The standard InChI is InChI=1S/C13H22N4OS/c1-3-5-8-17(4-2)13-10(11(14)16-19-13)12(18)15-9-6-7-9/h9H,3-8H2,1-2H3,(H2,14,16)(H,15,18). The van der Waals surface area contributed by atoms with Crippen molar-refractivity contribution in [3.8, 4) is 0 Å². The highest BCUT2D eigenvalue weighted by Gasteiger charge is 2.28. The number of hydrogen-bond acceptors (Lipinski definition) is 5. The average Bonchev–Trinajstić information content (AvgIpc) is 3.12. The fourth-order valence-electron chi connectivity index (χ4n) is 1.96. The van der Waals surface area contributed by atoms with Crippen LogP contribution in [0.1, 0.15) is 49.9 Å². The molecular weight excluding hydrogens is 260 g/mol. The predicted molar refractivity (Wildman–Crippen MR) is 79.8 cm³/mol. The van der Waals surface area contributed by atoms with E-state index in [1.54, 1.807) is 0 Å². The fourth-order valence-corrected chi connectivity index (χ4v) is 2.86. The van der Waals surface area contributed by atoms with Gasteiger partial charge in [-0.05, 0) is 37.7 Å². The lowest BCUT2D eigenvalue weighted by molar-refractivity contribution is 0.0952. The normalized spacial score (nSPS) is 14.4. The number of nitrogens with two attached hydrogens (primary N) is 1. The average molecular weight is 282 g/mol. The number of nitrogens with zero attached hydrogens (tertiary/aromatic N) is 2. The lowest BCUT2D eigenvalue weighted by Crippen LogP contribution is -2.30. The Balaban J connectivity index is 2.16. The molecule has 1 aliphatic rings. The Kier molecular flexibility index (Phi) is 4.63. The molecule has 0 atom stereocenters. The molecule has 1 aromatic heterocycles. The highest BCUT2D eigenvalue weighted by atomic mass is 32.1. The molecule has 0 saturated heterocycles. The molecule has 5 nitrogen and oxygen atoms in total. The minimum atomic E-state index is -0.0706. The topological polar surface area (TPSA) is 71.2 Å². The maximum Gasteiger partial charge on any atom is 0.258 e. The summed E-state index contributed by atoms with van der Waals surface area (Å²) in [7, 11) is 0. The van der Waals surface area contributed by atoms with Crippen molar-refractivity contribution in [2.45, 2.75) is 45.6 Å². The molecular formula is C13H22N4OS. The molecule has 6 heteroatoms. The van der Waals surface area contributed by atoms with Gasteiger partial charge in [-0.25, -0.2) is 0 Å². The van der Waals surface area contributed by atoms with Gasteiger partial charge in [0, 0.05) is 19.1 Å². The number of unbranched alkanes of at least 4 members (excludes halogenated alkanes) is 1. The van der Waals surface area contributed by atoms with Gasteiger partial charge in [-0.2, -0.15) is 4.37 Å². The van der Waals surface area contributed by atoms with Crippen LogP contribution in [-0.2, 0) is 0 Å². The van der Waals surface area contributed by atoms with Crippen molar-refractivity contribution in [2.75, 3.05) is 23.7 Å². The van der Waals surface area contributed by atoms with Gasteiger partial charge in [0.25, 0.3) is 5.91 Å². The second-order valence-electron chi connectivity index (χ2n) is 4.93. The van der Waals surface area contributed by atoms with Crippen LogP contribution in [0, 0.1) is 0 Å². The Morgan fingerprint density at radius 2 is 2.26 bits per heavy atom. The molecule has 0 radical (unpaired) electrons. The quantitative estimate of drug-likeness (QED) is 0.804. The van der Waals surface area contributed by atoms with Crippen molar-refractivity contribution < 1.29 is 4.79 Å². The highest BCUT2D eigenvalue weighted by Crippen LogP contribution is 2.31. The van der Waals surface area contributed by atoms with Crippen molar-refractivity contribution in [3.05, 3.63) is 5.56 Å². The zero-order chi connectivity index (χ0) is 13.8. The van der Waals surface area contributed by atoms with Gasteiger partial charge in [0.05, 0.1) is 0 Å². The van der Waals surface area contributed by atoms with Gasteiger partial charge in [0.15, 0.2) is 5.82 Å². The van der Waals surface area contributed by atoms with Gasteiger partial charge in [-0.15, -0.1) is 0 Å². The third-order valence-corrected chi connectivity index (χ3v) is 4.21. The zero-order valence-corrected chi connectivity index (χ0v) is 12.4. The van der Waals surface area contributed by atoms with E-state index in [4.69, 9.17) is 5.73 Å². The molecule has 0 bridgehead atoms. The minimum absolute atomic E-state index is 0.0706. The molecule has 1 amide bonds. The van der Waals surface area contributed by atoms with E-state index in [0.29, 0.717) is 17.4 Å².